The van der Waals surface area contributed by atoms with Gasteiger partial charge in [0, 0.05) is 94.0 Å². The average Bonchev–Trinajstić information content (AvgIpc) is 3.77. The van der Waals surface area contributed by atoms with E-state index >= 15 is 0 Å². The zero-order valence-electron chi connectivity index (χ0n) is 44.9. The van der Waals surface area contributed by atoms with Gasteiger partial charge in [-0.3, -0.25) is 9.80 Å². The monoisotopic (exact) mass is 915 g/mol. The van der Waals surface area contributed by atoms with Gasteiger partial charge in [-0.05, 0) is 186 Å². The van der Waals surface area contributed by atoms with E-state index in [1.165, 1.54) is 129 Å². The van der Waals surface area contributed by atoms with Gasteiger partial charge in [0.25, 0.3) is 0 Å². The second-order valence-corrected chi connectivity index (χ2v) is 23.7. The lowest BCUT2D eigenvalue weighted by molar-refractivity contribution is -0.126. The highest BCUT2D eigenvalue weighted by Crippen LogP contribution is 2.34. The summed E-state index contributed by atoms with van der Waals surface area (Å²) >= 11 is 0. The van der Waals surface area contributed by atoms with Crippen LogP contribution in [0, 0.1) is 11.3 Å². The molecule has 12 heteroatoms. The number of hydrogen-bond acceptors (Lipinski definition) is 10. The SMILES string of the molecule is CC(C)C1(C)COC1.CC(C)N1CCC1.CC(C)N1CCCC1.CC(C)N1CCCCC1.CC(C)N1CCCCC1.CC(C)N1CCN(S(C)(=O)=O)CC1.CC(C)N1CCNCC1. The first kappa shape index (κ1) is 60.6. The van der Waals surface area contributed by atoms with Gasteiger partial charge < -0.3 is 29.7 Å². The van der Waals surface area contributed by atoms with E-state index < -0.39 is 10.0 Å². The molecule has 1 N–H and O–H groups in total. The molecule has 0 atom stereocenters. The third-order valence-corrected chi connectivity index (χ3v) is 15.6. The Morgan fingerprint density at radius 2 is 0.667 bits per heavy atom. The number of ether oxygens (including phenoxy) is 1. The minimum absolute atomic E-state index is 0.500. The predicted molar refractivity (Wildman–Crippen MR) is 275 cm³/mol. The molecule has 0 aliphatic carbocycles. The molecular formula is C51H110N8O3S. The number of piperazine rings is 2. The molecule has 0 amide bonds. The van der Waals surface area contributed by atoms with Gasteiger partial charge >= 0.3 is 0 Å². The maximum Gasteiger partial charge on any atom is 0.211 e. The first-order valence-electron chi connectivity index (χ1n) is 26.3. The molecule has 7 fully saturated rings. The molecule has 0 aromatic heterocycles. The van der Waals surface area contributed by atoms with Crippen LogP contribution in [-0.4, -0.2) is 203 Å². The van der Waals surface area contributed by atoms with Crippen molar-refractivity contribution in [1.29, 1.82) is 0 Å². The Balaban J connectivity index is 0.000000370. The fourth-order valence-corrected chi connectivity index (χ4v) is 9.32. The minimum atomic E-state index is -2.97. The van der Waals surface area contributed by atoms with Crippen LogP contribution in [-0.2, 0) is 14.8 Å². The Kier molecular flexibility index (Phi) is 31.9. The molecule has 11 nitrogen and oxygen atoms in total. The Bertz CT molecular complexity index is 1120. The van der Waals surface area contributed by atoms with Crippen molar-refractivity contribution in [2.24, 2.45) is 11.3 Å². The van der Waals surface area contributed by atoms with E-state index in [0.29, 0.717) is 24.5 Å². The van der Waals surface area contributed by atoms with Crippen molar-refractivity contribution >= 4 is 10.0 Å². The number of rotatable bonds is 8. The summed E-state index contributed by atoms with van der Waals surface area (Å²) in [7, 11) is -2.97. The van der Waals surface area contributed by atoms with E-state index in [1.807, 2.05) is 0 Å². The predicted octanol–water partition coefficient (Wildman–Crippen LogP) is 8.30. The van der Waals surface area contributed by atoms with Crippen molar-refractivity contribution in [1.82, 2.24) is 39.0 Å². The topological polar surface area (TPSA) is 78.1 Å². The van der Waals surface area contributed by atoms with Crippen LogP contribution in [0.4, 0.5) is 0 Å². The molecule has 378 valence electrons. The minimum Gasteiger partial charge on any atom is -0.380 e. The smallest absolute Gasteiger partial charge is 0.211 e. The van der Waals surface area contributed by atoms with Crippen molar-refractivity contribution in [3.8, 4) is 0 Å². The van der Waals surface area contributed by atoms with Crippen LogP contribution >= 0.6 is 0 Å². The number of likely N-dealkylation sites (tertiary alicyclic amines) is 4. The highest BCUT2D eigenvalue weighted by Gasteiger charge is 2.36. The van der Waals surface area contributed by atoms with E-state index in [2.05, 4.69) is 139 Å². The van der Waals surface area contributed by atoms with Gasteiger partial charge in [0.2, 0.25) is 10.0 Å². The largest absolute Gasteiger partial charge is 0.380 e. The van der Waals surface area contributed by atoms with Crippen molar-refractivity contribution in [2.45, 2.75) is 198 Å². The lowest BCUT2D eigenvalue weighted by Gasteiger charge is -2.41. The first-order chi connectivity index (χ1) is 29.6. The molecule has 7 heterocycles. The third-order valence-electron chi connectivity index (χ3n) is 14.3. The first-order valence-corrected chi connectivity index (χ1v) is 28.1. The van der Waals surface area contributed by atoms with Gasteiger partial charge in [0.15, 0.2) is 0 Å². The fourth-order valence-electron chi connectivity index (χ4n) is 8.49. The molecule has 7 aliphatic rings. The molecule has 63 heavy (non-hydrogen) atoms. The number of sulfonamides is 1. The molecule has 0 spiro atoms. The van der Waals surface area contributed by atoms with Crippen LogP contribution in [0.25, 0.3) is 0 Å². The van der Waals surface area contributed by atoms with Gasteiger partial charge in [0.05, 0.1) is 19.5 Å². The van der Waals surface area contributed by atoms with E-state index in [0.717, 1.165) is 75.5 Å². The lowest BCUT2D eigenvalue weighted by atomic mass is 9.78. The van der Waals surface area contributed by atoms with Gasteiger partial charge in [-0.1, -0.05) is 33.6 Å². The van der Waals surface area contributed by atoms with Crippen molar-refractivity contribution < 1.29 is 13.2 Å². The number of nitrogens with zero attached hydrogens (tertiary/aromatic N) is 7. The maximum absolute atomic E-state index is 11.2. The van der Waals surface area contributed by atoms with Gasteiger partial charge in [-0.2, -0.15) is 4.31 Å². The summed E-state index contributed by atoms with van der Waals surface area (Å²) in [6.07, 6.45) is 14.1. The van der Waals surface area contributed by atoms with E-state index in [4.69, 9.17) is 4.74 Å². The summed E-state index contributed by atoms with van der Waals surface area (Å²) in [5.41, 5.74) is 0.500. The Morgan fingerprint density at radius 1 is 0.397 bits per heavy atom. The summed E-state index contributed by atoms with van der Waals surface area (Å²) in [5.74, 6) is 0.774. The molecule has 0 aromatic rings. The van der Waals surface area contributed by atoms with Crippen molar-refractivity contribution in [3.63, 3.8) is 0 Å². The Labute approximate surface area is 394 Å². The van der Waals surface area contributed by atoms with E-state index in [-0.39, 0.29) is 0 Å². The summed E-state index contributed by atoms with van der Waals surface area (Å²) in [4.78, 5) is 14.9. The summed E-state index contributed by atoms with van der Waals surface area (Å²) in [6.45, 7) is 54.1. The van der Waals surface area contributed by atoms with Crippen LogP contribution < -0.4 is 5.32 Å². The molecule has 7 saturated heterocycles. The van der Waals surface area contributed by atoms with Gasteiger partial charge in [-0.15, -0.1) is 0 Å². The third kappa shape index (κ3) is 26.6. The summed E-state index contributed by atoms with van der Waals surface area (Å²) in [5, 5.41) is 3.33. The van der Waals surface area contributed by atoms with Gasteiger partial charge in [-0.25, -0.2) is 8.42 Å². The second kappa shape index (κ2) is 33.1. The second-order valence-electron chi connectivity index (χ2n) is 21.7. The molecule has 0 bridgehead atoms. The van der Waals surface area contributed by atoms with Crippen molar-refractivity contribution in [3.05, 3.63) is 0 Å². The molecule has 7 aliphatic heterocycles. The maximum atomic E-state index is 11.2. The molecule has 0 saturated carbocycles. The fraction of sp³-hybridized carbons (Fsp3) is 1.00. The van der Waals surface area contributed by atoms with Crippen LogP contribution in [0.1, 0.15) is 162 Å². The lowest BCUT2D eigenvalue weighted by Crippen LogP contribution is -2.50. The summed E-state index contributed by atoms with van der Waals surface area (Å²) < 4.78 is 29.0. The number of nitrogens with one attached hydrogen (secondary N) is 1. The molecule has 7 rings (SSSR count). The van der Waals surface area contributed by atoms with Crippen LogP contribution in [0.5, 0.6) is 0 Å². The highest BCUT2D eigenvalue weighted by atomic mass is 32.2. The van der Waals surface area contributed by atoms with Crippen LogP contribution in [0.3, 0.4) is 0 Å². The molecular weight excluding hydrogens is 805 g/mol. The molecule has 0 unspecified atom stereocenters. The van der Waals surface area contributed by atoms with Crippen LogP contribution in [0.15, 0.2) is 0 Å². The Morgan fingerprint density at radius 3 is 0.841 bits per heavy atom. The van der Waals surface area contributed by atoms with Gasteiger partial charge in [0.1, 0.15) is 0 Å². The number of piperidine rings is 2. The Hall–Kier alpha value is -0.410. The summed E-state index contributed by atoms with van der Waals surface area (Å²) in [6, 6.07) is 4.34. The molecule has 0 aromatic carbocycles. The van der Waals surface area contributed by atoms with E-state index in [1.54, 1.807) is 4.31 Å². The van der Waals surface area contributed by atoms with Crippen LogP contribution in [0.2, 0.25) is 0 Å². The van der Waals surface area contributed by atoms with Crippen molar-refractivity contribution in [2.75, 3.05) is 124 Å². The zero-order valence-corrected chi connectivity index (χ0v) is 45.7. The zero-order chi connectivity index (χ0) is 47.6. The molecule has 0 radical (unpaired) electrons. The van der Waals surface area contributed by atoms with E-state index in [9.17, 15) is 8.42 Å². The average molecular weight is 916 g/mol. The standard InChI is InChI=1S/C8H18N2O2S.2C8H17N.C7H16N2.C7H15N.C7H14O.C6H13N/c1-8(2)9-4-6-10(7-5-9)13(3,11)12;2*1-8(2)9-6-4-3-5-7-9;1-7(2)9-5-3-8-4-6-9;1-7(2)8-5-3-4-6-8;1-6(2)7(3)4-8-5-7;1-6(2)7-4-3-5-7/h8H,4-7H2,1-3H3;2*8H,3-7H2,1-2H3;7-8H,3-6H2,1-2H3;7H,3-6H2,1-2H3;6H,4-5H2,1-3H3;6H,3-5H2,1-2H3. The quantitative estimate of drug-likeness (QED) is 0.257. The highest BCUT2D eigenvalue weighted by molar-refractivity contribution is 7.88. The normalized spacial score (nSPS) is 23.2. The number of hydrogen-bond donors (Lipinski definition) is 1.